The van der Waals surface area contributed by atoms with Gasteiger partial charge in [0.2, 0.25) is 0 Å². The fourth-order valence-electron chi connectivity index (χ4n) is 1.61. The summed E-state index contributed by atoms with van der Waals surface area (Å²) in [6.07, 6.45) is 3.57. The summed E-state index contributed by atoms with van der Waals surface area (Å²) in [4.78, 5) is 11.9. The van der Waals surface area contributed by atoms with Gasteiger partial charge in [0, 0.05) is 18.3 Å². The molecule has 19 heavy (non-hydrogen) atoms. The highest BCUT2D eigenvalue weighted by Gasteiger charge is 2.05. The monoisotopic (exact) mass is 323 g/mol. The number of hydrogen-bond donors (Lipinski definition) is 1. The first kappa shape index (κ1) is 13.6. The Morgan fingerprint density at radius 2 is 2.37 bits per heavy atom. The summed E-state index contributed by atoms with van der Waals surface area (Å²) in [6.45, 7) is 1.14. The average Bonchev–Trinajstić information content (AvgIpc) is 2.84. The number of nitrogens with zero attached hydrogens (tertiary/aromatic N) is 2. The largest absolute Gasteiger partial charge is 0.497 e. The minimum atomic E-state index is -0.120. The lowest BCUT2D eigenvalue weighted by atomic mass is 10.2. The molecule has 0 aliphatic heterocycles. The van der Waals surface area contributed by atoms with E-state index < -0.39 is 0 Å². The van der Waals surface area contributed by atoms with Crippen molar-refractivity contribution in [1.82, 2.24) is 15.1 Å². The highest BCUT2D eigenvalue weighted by Crippen LogP contribution is 2.12. The molecule has 0 fully saturated rings. The van der Waals surface area contributed by atoms with Crippen molar-refractivity contribution in [3.8, 4) is 5.75 Å². The molecule has 0 aliphatic rings. The standard InChI is InChI=1S/C13H14BrN3O2/c1-19-12-4-2-3-10(7-12)13(18)15-5-6-17-9-11(14)8-16-17/h2-4,7-9H,5-6H2,1H3,(H,15,18). The summed E-state index contributed by atoms with van der Waals surface area (Å²) in [6, 6.07) is 7.05. The van der Waals surface area contributed by atoms with E-state index in [0.29, 0.717) is 24.4 Å². The van der Waals surface area contributed by atoms with Crippen LogP contribution in [0.25, 0.3) is 0 Å². The first-order valence-electron chi connectivity index (χ1n) is 5.79. The number of hydrogen-bond acceptors (Lipinski definition) is 3. The van der Waals surface area contributed by atoms with Gasteiger partial charge in [-0.2, -0.15) is 5.10 Å². The number of amides is 1. The number of nitrogens with one attached hydrogen (secondary N) is 1. The molecule has 0 bridgehead atoms. The van der Waals surface area contributed by atoms with Crippen molar-refractivity contribution in [2.75, 3.05) is 13.7 Å². The third kappa shape index (κ3) is 3.82. The summed E-state index contributed by atoms with van der Waals surface area (Å²) in [5.41, 5.74) is 0.584. The van der Waals surface area contributed by atoms with Gasteiger partial charge >= 0.3 is 0 Å². The fraction of sp³-hybridized carbons (Fsp3) is 0.231. The van der Waals surface area contributed by atoms with Gasteiger partial charge < -0.3 is 10.1 Å². The second-order valence-electron chi connectivity index (χ2n) is 3.91. The second-order valence-corrected chi connectivity index (χ2v) is 4.83. The molecule has 0 unspecified atom stereocenters. The molecule has 0 aliphatic carbocycles. The predicted octanol–water partition coefficient (Wildman–Crippen LogP) is 2.08. The number of rotatable bonds is 5. The average molecular weight is 324 g/mol. The predicted molar refractivity (Wildman–Crippen MR) is 75.3 cm³/mol. The van der Waals surface area contributed by atoms with Gasteiger partial charge in [-0.1, -0.05) is 6.07 Å². The molecule has 0 atom stereocenters. The molecule has 0 saturated carbocycles. The minimum absolute atomic E-state index is 0.120. The van der Waals surface area contributed by atoms with E-state index in [4.69, 9.17) is 4.74 Å². The Bertz CT molecular complexity index is 569. The van der Waals surface area contributed by atoms with E-state index in [1.807, 2.05) is 6.20 Å². The lowest BCUT2D eigenvalue weighted by Gasteiger charge is -2.06. The molecule has 1 heterocycles. The molecule has 5 nitrogen and oxygen atoms in total. The Labute approximate surface area is 119 Å². The lowest BCUT2D eigenvalue weighted by molar-refractivity contribution is 0.0951. The highest BCUT2D eigenvalue weighted by atomic mass is 79.9. The van der Waals surface area contributed by atoms with Crippen molar-refractivity contribution >= 4 is 21.8 Å². The van der Waals surface area contributed by atoms with Crippen LogP contribution in [-0.2, 0) is 6.54 Å². The molecule has 0 saturated heterocycles. The molecule has 1 aromatic carbocycles. The van der Waals surface area contributed by atoms with E-state index in [-0.39, 0.29) is 5.91 Å². The third-order valence-electron chi connectivity index (χ3n) is 2.56. The molecular formula is C13H14BrN3O2. The zero-order chi connectivity index (χ0) is 13.7. The van der Waals surface area contributed by atoms with Crippen LogP contribution in [0.5, 0.6) is 5.75 Å². The highest BCUT2D eigenvalue weighted by molar-refractivity contribution is 9.10. The van der Waals surface area contributed by atoms with Crippen LogP contribution in [0, 0.1) is 0 Å². The Hall–Kier alpha value is -1.82. The normalized spacial score (nSPS) is 10.2. The zero-order valence-corrected chi connectivity index (χ0v) is 12.1. The van der Waals surface area contributed by atoms with Gasteiger partial charge in [-0.3, -0.25) is 9.48 Å². The molecule has 2 rings (SSSR count). The van der Waals surface area contributed by atoms with Crippen LogP contribution < -0.4 is 10.1 Å². The zero-order valence-electron chi connectivity index (χ0n) is 10.5. The Morgan fingerprint density at radius 1 is 1.53 bits per heavy atom. The first-order chi connectivity index (χ1) is 9.19. The van der Waals surface area contributed by atoms with Crippen molar-refractivity contribution in [2.45, 2.75) is 6.54 Å². The molecular weight excluding hydrogens is 310 g/mol. The lowest BCUT2D eigenvalue weighted by Crippen LogP contribution is -2.27. The maximum Gasteiger partial charge on any atom is 0.251 e. The van der Waals surface area contributed by atoms with Gasteiger partial charge in [0.1, 0.15) is 5.75 Å². The van der Waals surface area contributed by atoms with Gasteiger partial charge in [-0.15, -0.1) is 0 Å². The quantitative estimate of drug-likeness (QED) is 0.916. The molecule has 1 amide bonds. The van der Waals surface area contributed by atoms with Gasteiger partial charge in [-0.05, 0) is 34.1 Å². The summed E-state index contributed by atoms with van der Waals surface area (Å²) in [5.74, 6) is 0.550. The van der Waals surface area contributed by atoms with Crippen molar-refractivity contribution in [3.05, 3.63) is 46.7 Å². The smallest absolute Gasteiger partial charge is 0.251 e. The maximum atomic E-state index is 11.9. The summed E-state index contributed by atoms with van der Waals surface area (Å²) in [5, 5.41) is 6.95. The van der Waals surface area contributed by atoms with Crippen molar-refractivity contribution in [1.29, 1.82) is 0 Å². The number of ether oxygens (including phenoxy) is 1. The third-order valence-corrected chi connectivity index (χ3v) is 2.97. The molecule has 2 aromatic rings. The number of halogens is 1. The summed E-state index contributed by atoms with van der Waals surface area (Å²) >= 11 is 3.32. The van der Waals surface area contributed by atoms with Crippen molar-refractivity contribution in [3.63, 3.8) is 0 Å². The Morgan fingerprint density at radius 3 is 3.05 bits per heavy atom. The Kier molecular flexibility index (Phi) is 4.57. The number of carbonyl (C=O) groups is 1. The van der Waals surface area contributed by atoms with Crippen LogP contribution in [0.2, 0.25) is 0 Å². The van der Waals surface area contributed by atoms with Gasteiger partial charge in [0.25, 0.3) is 5.91 Å². The summed E-state index contributed by atoms with van der Waals surface area (Å²) in [7, 11) is 1.58. The van der Waals surface area contributed by atoms with Crippen molar-refractivity contribution < 1.29 is 9.53 Å². The van der Waals surface area contributed by atoms with E-state index in [9.17, 15) is 4.79 Å². The maximum absolute atomic E-state index is 11.9. The molecule has 1 aromatic heterocycles. The van der Waals surface area contributed by atoms with E-state index in [1.165, 1.54) is 0 Å². The first-order valence-corrected chi connectivity index (χ1v) is 6.58. The van der Waals surface area contributed by atoms with E-state index in [1.54, 1.807) is 42.3 Å². The second kappa shape index (κ2) is 6.38. The van der Waals surface area contributed by atoms with Crippen LogP contribution >= 0.6 is 15.9 Å². The van der Waals surface area contributed by atoms with Gasteiger partial charge in [0.15, 0.2) is 0 Å². The SMILES string of the molecule is COc1cccc(C(=O)NCCn2cc(Br)cn2)c1. The van der Waals surface area contributed by atoms with Crippen LogP contribution in [-0.4, -0.2) is 29.3 Å². The molecule has 0 radical (unpaired) electrons. The molecule has 6 heteroatoms. The Balaban J connectivity index is 1.87. The van der Waals surface area contributed by atoms with Crippen molar-refractivity contribution in [2.24, 2.45) is 0 Å². The number of carbonyl (C=O) groups excluding carboxylic acids is 1. The molecule has 0 spiro atoms. The minimum Gasteiger partial charge on any atom is -0.497 e. The van der Waals surface area contributed by atoms with Gasteiger partial charge in [-0.25, -0.2) is 0 Å². The molecule has 100 valence electrons. The van der Waals surface area contributed by atoms with E-state index in [2.05, 4.69) is 26.3 Å². The van der Waals surface area contributed by atoms with Crippen LogP contribution in [0.15, 0.2) is 41.1 Å². The van der Waals surface area contributed by atoms with E-state index >= 15 is 0 Å². The summed E-state index contributed by atoms with van der Waals surface area (Å²) < 4.78 is 7.76. The molecule has 1 N–H and O–H groups in total. The number of aromatic nitrogens is 2. The van der Waals surface area contributed by atoms with Gasteiger partial charge in [0.05, 0.1) is 24.3 Å². The van der Waals surface area contributed by atoms with Crippen LogP contribution in [0.1, 0.15) is 10.4 Å². The topological polar surface area (TPSA) is 56.1 Å². The fourth-order valence-corrected chi connectivity index (χ4v) is 1.94. The number of benzene rings is 1. The van der Waals surface area contributed by atoms with Crippen LogP contribution in [0.3, 0.4) is 0 Å². The van der Waals surface area contributed by atoms with Crippen LogP contribution in [0.4, 0.5) is 0 Å². The van der Waals surface area contributed by atoms with E-state index in [0.717, 1.165) is 4.47 Å². The number of methoxy groups -OCH3 is 1.